The molecule has 1 aromatic rings. The first-order valence-corrected chi connectivity index (χ1v) is 7.05. The van der Waals surface area contributed by atoms with Crippen molar-refractivity contribution in [3.8, 4) is 11.5 Å². The zero-order valence-electron chi connectivity index (χ0n) is 10.6. The van der Waals surface area contributed by atoms with Crippen LogP contribution in [0, 0.1) is 0 Å². The summed E-state index contributed by atoms with van der Waals surface area (Å²) in [5.41, 5.74) is -0.109. The molecule has 0 radical (unpaired) electrons. The van der Waals surface area contributed by atoms with E-state index >= 15 is 0 Å². The molecule has 8 heteroatoms. The van der Waals surface area contributed by atoms with E-state index in [4.69, 9.17) is 0 Å². The average Bonchev–Trinajstić information content (AvgIpc) is 2.31. The van der Waals surface area contributed by atoms with Gasteiger partial charge in [0.05, 0.1) is 11.3 Å². The molecule has 1 amide bonds. The maximum Gasteiger partial charge on any atom is 0.255 e. The molecule has 0 bridgehead atoms. The Kier molecular flexibility index (Phi) is 4.73. The minimum atomic E-state index is -3.39. The van der Waals surface area contributed by atoms with E-state index < -0.39 is 15.9 Å². The van der Waals surface area contributed by atoms with E-state index in [1.165, 1.54) is 26.2 Å². The van der Waals surface area contributed by atoms with Crippen LogP contribution in [0.4, 0.5) is 0 Å². The summed E-state index contributed by atoms with van der Waals surface area (Å²) in [6.07, 6.45) is 0. The van der Waals surface area contributed by atoms with Gasteiger partial charge in [-0.25, -0.2) is 12.7 Å². The lowest BCUT2D eigenvalue weighted by molar-refractivity contribution is 0.0953. The van der Waals surface area contributed by atoms with Crippen LogP contribution in [0.15, 0.2) is 18.2 Å². The number of hydrogen-bond donors (Lipinski definition) is 3. The second-order valence-electron chi connectivity index (χ2n) is 4.06. The van der Waals surface area contributed by atoms with E-state index in [2.05, 4.69) is 5.32 Å². The number of rotatable bonds is 5. The molecule has 19 heavy (non-hydrogen) atoms. The summed E-state index contributed by atoms with van der Waals surface area (Å²) in [4.78, 5) is 11.7. The molecule has 0 heterocycles. The molecular weight excluding hydrogens is 272 g/mol. The third kappa shape index (κ3) is 4.11. The van der Waals surface area contributed by atoms with Crippen molar-refractivity contribution in [3.63, 3.8) is 0 Å². The standard InChI is InChI=1S/C11H16N2O5S/c1-13(2)19(17,18)6-5-12-11(16)9-7-8(14)3-4-10(9)15/h3-4,7,14-15H,5-6H2,1-2H3,(H,12,16). The number of hydrogen-bond acceptors (Lipinski definition) is 5. The first kappa shape index (κ1) is 15.3. The van der Waals surface area contributed by atoms with Gasteiger partial charge in [0.25, 0.3) is 5.91 Å². The fourth-order valence-corrected chi connectivity index (χ4v) is 2.00. The third-order valence-corrected chi connectivity index (χ3v) is 4.26. The lowest BCUT2D eigenvalue weighted by Gasteiger charge is -2.12. The van der Waals surface area contributed by atoms with Crippen molar-refractivity contribution in [2.45, 2.75) is 0 Å². The summed E-state index contributed by atoms with van der Waals surface area (Å²) >= 11 is 0. The highest BCUT2D eigenvalue weighted by atomic mass is 32.2. The highest BCUT2D eigenvalue weighted by Gasteiger charge is 2.15. The number of amides is 1. The molecule has 3 N–H and O–H groups in total. The monoisotopic (exact) mass is 288 g/mol. The largest absolute Gasteiger partial charge is 0.508 e. The van der Waals surface area contributed by atoms with Crippen LogP contribution in [0.2, 0.25) is 0 Å². The number of carbonyl (C=O) groups excluding carboxylic acids is 1. The predicted molar refractivity (Wildman–Crippen MR) is 69.6 cm³/mol. The summed E-state index contributed by atoms with van der Waals surface area (Å²) in [5.74, 6) is -1.34. The molecule has 106 valence electrons. The maximum absolute atomic E-state index is 11.7. The summed E-state index contributed by atoms with van der Waals surface area (Å²) in [5, 5.41) is 21.0. The average molecular weight is 288 g/mol. The molecule has 0 atom stereocenters. The van der Waals surface area contributed by atoms with Crippen molar-refractivity contribution in [1.82, 2.24) is 9.62 Å². The molecule has 7 nitrogen and oxygen atoms in total. The smallest absolute Gasteiger partial charge is 0.255 e. The minimum absolute atomic E-state index is 0.0888. The van der Waals surface area contributed by atoms with Gasteiger partial charge in [-0.2, -0.15) is 0 Å². The first-order chi connectivity index (χ1) is 8.74. The SMILES string of the molecule is CN(C)S(=O)(=O)CCNC(=O)c1cc(O)ccc1O. The molecule has 0 aromatic heterocycles. The third-order valence-electron chi connectivity index (χ3n) is 2.43. The van der Waals surface area contributed by atoms with Gasteiger partial charge in [0, 0.05) is 20.6 Å². The second kappa shape index (κ2) is 5.89. The minimum Gasteiger partial charge on any atom is -0.508 e. The Morgan fingerprint density at radius 1 is 1.32 bits per heavy atom. The van der Waals surface area contributed by atoms with Gasteiger partial charge in [-0.15, -0.1) is 0 Å². The Labute approximate surface area is 111 Å². The van der Waals surface area contributed by atoms with Crippen LogP contribution >= 0.6 is 0 Å². The number of sulfonamides is 1. The zero-order valence-corrected chi connectivity index (χ0v) is 11.4. The molecule has 0 unspecified atom stereocenters. The fraction of sp³-hybridized carbons (Fsp3) is 0.364. The van der Waals surface area contributed by atoms with Crippen LogP contribution in [0.1, 0.15) is 10.4 Å². The quantitative estimate of drug-likeness (QED) is 0.646. The Morgan fingerprint density at radius 3 is 2.53 bits per heavy atom. The number of phenols is 2. The van der Waals surface area contributed by atoms with Gasteiger partial charge in [-0.3, -0.25) is 4.79 Å². The van der Waals surface area contributed by atoms with E-state index in [-0.39, 0.29) is 29.4 Å². The van der Waals surface area contributed by atoms with E-state index in [0.29, 0.717) is 0 Å². The number of aromatic hydroxyl groups is 2. The van der Waals surface area contributed by atoms with Crippen molar-refractivity contribution in [1.29, 1.82) is 0 Å². The van der Waals surface area contributed by atoms with Gasteiger partial charge in [0.2, 0.25) is 10.0 Å². The lowest BCUT2D eigenvalue weighted by atomic mass is 10.2. The second-order valence-corrected chi connectivity index (χ2v) is 6.36. The summed E-state index contributed by atoms with van der Waals surface area (Å²) in [7, 11) is -0.586. The van der Waals surface area contributed by atoms with Crippen LogP contribution in [0.3, 0.4) is 0 Å². The number of nitrogens with one attached hydrogen (secondary N) is 1. The summed E-state index contributed by atoms with van der Waals surface area (Å²) in [6.45, 7) is -0.0888. The van der Waals surface area contributed by atoms with Gasteiger partial charge in [-0.1, -0.05) is 0 Å². The lowest BCUT2D eigenvalue weighted by Crippen LogP contribution is -2.33. The summed E-state index contributed by atoms with van der Waals surface area (Å²) in [6, 6.07) is 3.52. The molecule has 1 aromatic carbocycles. The molecule has 0 fully saturated rings. The Hall–Kier alpha value is -1.80. The molecule has 0 aliphatic rings. The fourth-order valence-electron chi connectivity index (χ4n) is 1.28. The first-order valence-electron chi connectivity index (χ1n) is 5.44. The van der Waals surface area contributed by atoms with Crippen LogP contribution in [-0.4, -0.2) is 55.2 Å². The normalized spacial score (nSPS) is 11.5. The Bertz CT molecular complexity index is 568. The molecule has 0 aliphatic heterocycles. The van der Waals surface area contributed by atoms with Gasteiger partial charge in [-0.05, 0) is 18.2 Å². The molecule has 1 rings (SSSR count). The molecule has 0 aliphatic carbocycles. The highest BCUT2D eigenvalue weighted by Crippen LogP contribution is 2.21. The van der Waals surface area contributed by atoms with Crippen molar-refractivity contribution in [2.24, 2.45) is 0 Å². The van der Waals surface area contributed by atoms with E-state index in [1.54, 1.807) is 0 Å². The molecular formula is C11H16N2O5S. The highest BCUT2D eigenvalue weighted by molar-refractivity contribution is 7.89. The van der Waals surface area contributed by atoms with E-state index in [1.807, 2.05) is 0 Å². The predicted octanol–water partition coefficient (Wildman–Crippen LogP) is -0.281. The van der Waals surface area contributed by atoms with Crippen LogP contribution in [-0.2, 0) is 10.0 Å². The Balaban J connectivity index is 2.64. The van der Waals surface area contributed by atoms with Crippen molar-refractivity contribution in [2.75, 3.05) is 26.4 Å². The molecule has 0 spiro atoms. The topological polar surface area (TPSA) is 107 Å². The van der Waals surface area contributed by atoms with Crippen molar-refractivity contribution < 1.29 is 23.4 Å². The number of benzene rings is 1. The number of nitrogens with zero attached hydrogens (tertiary/aromatic N) is 1. The van der Waals surface area contributed by atoms with Crippen LogP contribution < -0.4 is 5.32 Å². The number of phenolic OH excluding ortho intramolecular Hbond substituents is 2. The van der Waals surface area contributed by atoms with Crippen LogP contribution in [0.5, 0.6) is 11.5 Å². The number of carbonyl (C=O) groups is 1. The van der Waals surface area contributed by atoms with Gasteiger partial charge >= 0.3 is 0 Å². The van der Waals surface area contributed by atoms with E-state index in [9.17, 15) is 23.4 Å². The van der Waals surface area contributed by atoms with Gasteiger partial charge < -0.3 is 15.5 Å². The van der Waals surface area contributed by atoms with E-state index in [0.717, 1.165) is 10.4 Å². The molecule has 0 saturated carbocycles. The van der Waals surface area contributed by atoms with Crippen LogP contribution in [0.25, 0.3) is 0 Å². The molecule has 0 saturated heterocycles. The Morgan fingerprint density at radius 2 is 1.95 bits per heavy atom. The van der Waals surface area contributed by atoms with Crippen molar-refractivity contribution in [3.05, 3.63) is 23.8 Å². The van der Waals surface area contributed by atoms with Gasteiger partial charge in [0.1, 0.15) is 11.5 Å². The van der Waals surface area contributed by atoms with Gasteiger partial charge in [0.15, 0.2) is 0 Å². The van der Waals surface area contributed by atoms with Crippen molar-refractivity contribution >= 4 is 15.9 Å². The maximum atomic E-state index is 11.7. The summed E-state index contributed by atoms with van der Waals surface area (Å²) < 4.78 is 24.0. The zero-order chi connectivity index (χ0) is 14.6.